The molecule has 2 aromatic carbocycles. The van der Waals surface area contributed by atoms with Gasteiger partial charge < -0.3 is 10.2 Å². The number of fused-ring (bicyclic) bond motifs is 1. The van der Waals surface area contributed by atoms with Crippen molar-refractivity contribution in [2.75, 3.05) is 23.3 Å². The van der Waals surface area contributed by atoms with Gasteiger partial charge in [-0.25, -0.2) is 8.42 Å². The Bertz CT molecular complexity index is 1270. The van der Waals surface area contributed by atoms with Crippen LogP contribution in [0.1, 0.15) is 49.3 Å². The summed E-state index contributed by atoms with van der Waals surface area (Å²) in [6.07, 6.45) is 3.82. The number of carbonyl (C=O) groups excluding carboxylic acids is 2. The molecule has 2 amide bonds. The second kappa shape index (κ2) is 9.06. The molecule has 7 nitrogen and oxygen atoms in total. The Balaban J connectivity index is 1.32. The van der Waals surface area contributed by atoms with Crippen LogP contribution >= 0.6 is 0 Å². The molecule has 2 aliphatic heterocycles. The number of aryl methyl sites for hydroxylation is 2. The molecular weight excluding hydrogens is 462 g/mol. The van der Waals surface area contributed by atoms with Crippen LogP contribution < -0.4 is 10.2 Å². The molecule has 1 N–H and O–H groups in total. The predicted molar refractivity (Wildman–Crippen MR) is 136 cm³/mol. The molecule has 8 heteroatoms. The fourth-order valence-electron chi connectivity index (χ4n) is 5.45. The number of amides is 2. The van der Waals surface area contributed by atoms with Crippen molar-refractivity contribution in [3.8, 4) is 0 Å². The molecule has 0 radical (unpaired) electrons. The van der Waals surface area contributed by atoms with Gasteiger partial charge in [0.15, 0.2) is 0 Å². The number of sulfonamides is 1. The molecule has 0 spiro atoms. The smallest absolute Gasteiger partial charge is 0.243 e. The average molecular weight is 496 g/mol. The number of carbonyl (C=O) groups is 2. The first-order chi connectivity index (χ1) is 16.6. The fraction of sp³-hybridized carbons (Fsp3) is 0.481. The van der Waals surface area contributed by atoms with E-state index in [1.165, 1.54) is 4.31 Å². The molecule has 2 aromatic rings. The summed E-state index contributed by atoms with van der Waals surface area (Å²) in [5.41, 5.74) is 4.60. The lowest BCUT2D eigenvalue weighted by molar-refractivity contribution is -0.121. The third-order valence-corrected chi connectivity index (χ3v) is 9.17. The van der Waals surface area contributed by atoms with Gasteiger partial charge in [0.05, 0.1) is 10.8 Å². The monoisotopic (exact) mass is 495 g/mol. The van der Waals surface area contributed by atoms with Gasteiger partial charge in [-0.1, -0.05) is 6.07 Å². The number of hydrogen-bond donors (Lipinski definition) is 1. The van der Waals surface area contributed by atoms with Gasteiger partial charge in [-0.15, -0.1) is 0 Å². The number of anilines is 2. The lowest BCUT2D eigenvalue weighted by Gasteiger charge is -2.31. The SMILES string of the molecule is Cc1cc(C)cc(NC(=O)[C@H]2CCCN(S(=O)(=O)c3ccc4c(c3)C[C@H](C)N4C(=O)C3CC3)C2)c1. The summed E-state index contributed by atoms with van der Waals surface area (Å²) >= 11 is 0. The van der Waals surface area contributed by atoms with Crippen LogP contribution in [-0.2, 0) is 26.0 Å². The van der Waals surface area contributed by atoms with E-state index >= 15 is 0 Å². The van der Waals surface area contributed by atoms with E-state index in [2.05, 4.69) is 5.32 Å². The second-order valence-electron chi connectivity index (χ2n) is 10.4. The Labute approximate surface area is 207 Å². The molecule has 186 valence electrons. The van der Waals surface area contributed by atoms with Crippen LogP contribution in [-0.4, -0.2) is 43.7 Å². The molecule has 0 unspecified atom stereocenters. The Morgan fingerprint density at radius 3 is 2.37 bits per heavy atom. The van der Waals surface area contributed by atoms with E-state index in [1.54, 1.807) is 18.2 Å². The zero-order chi connectivity index (χ0) is 24.9. The quantitative estimate of drug-likeness (QED) is 0.679. The maximum absolute atomic E-state index is 13.5. The zero-order valence-electron chi connectivity index (χ0n) is 20.6. The van der Waals surface area contributed by atoms with Crippen LogP contribution in [0.15, 0.2) is 41.3 Å². The minimum absolute atomic E-state index is 0.0318. The standard InChI is InChI=1S/C27H33N3O4S/c1-17-11-18(2)13-23(12-17)28-26(31)21-5-4-10-29(16-21)35(33,34)24-8-9-25-22(15-24)14-19(3)30(25)27(32)20-6-7-20/h8-9,11-13,15,19-21H,4-7,10,14,16H2,1-3H3,(H,28,31)/t19-,21-/m0/s1. The molecular formula is C27H33N3O4S. The van der Waals surface area contributed by atoms with Crippen molar-refractivity contribution in [1.82, 2.24) is 4.31 Å². The number of hydrogen-bond acceptors (Lipinski definition) is 4. The minimum atomic E-state index is -3.75. The lowest BCUT2D eigenvalue weighted by atomic mass is 9.98. The summed E-state index contributed by atoms with van der Waals surface area (Å²) in [6.45, 7) is 6.54. The number of piperidine rings is 1. The van der Waals surface area contributed by atoms with Gasteiger partial charge in [-0.05, 0) is 99.9 Å². The molecule has 0 bridgehead atoms. The van der Waals surface area contributed by atoms with Crippen molar-refractivity contribution in [2.24, 2.45) is 11.8 Å². The van der Waals surface area contributed by atoms with Crippen molar-refractivity contribution < 1.29 is 18.0 Å². The molecule has 2 heterocycles. The molecule has 35 heavy (non-hydrogen) atoms. The maximum atomic E-state index is 13.5. The Hall–Kier alpha value is -2.71. The molecule has 0 aromatic heterocycles. The van der Waals surface area contributed by atoms with Crippen LogP contribution in [0.25, 0.3) is 0 Å². The molecule has 1 aliphatic carbocycles. The van der Waals surface area contributed by atoms with Crippen molar-refractivity contribution in [2.45, 2.75) is 63.8 Å². The largest absolute Gasteiger partial charge is 0.326 e. The van der Waals surface area contributed by atoms with E-state index in [0.717, 1.165) is 40.9 Å². The summed E-state index contributed by atoms with van der Waals surface area (Å²) in [6, 6.07) is 11.0. The molecule has 3 aliphatic rings. The van der Waals surface area contributed by atoms with Crippen molar-refractivity contribution in [3.63, 3.8) is 0 Å². The van der Waals surface area contributed by atoms with Crippen molar-refractivity contribution >= 4 is 33.2 Å². The molecule has 1 saturated carbocycles. The lowest BCUT2D eigenvalue weighted by Crippen LogP contribution is -2.43. The first-order valence-electron chi connectivity index (χ1n) is 12.5. The van der Waals surface area contributed by atoms with E-state index in [0.29, 0.717) is 25.8 Å². The van der Waals surface area contributed by atoms with E-state index in [9.17, 15) is 18.0 Å². The highest BCUT2D eigenvalue weighted by atomic mass is 32.2. The Morgan fingerprint density at radius 1 is 0.971 bits per heavy atom. The first-order valence-corrected chi connectivity index (χ1v) is 13.9. The fourth-order valence-corrected chi connectivity index (χ4v) is 7.02. The summed E-state index contributed by atoms with van der Waals surface area (Å²) in [4.78, 5) is 27.8. The number of nitrogens with one attached hydrogen (secondary N) is 1. The Morgan fingerprint density at radius 2 is 1.69 bits per heavy atom. The average Bonchev–Trinajstić information content (AvgIpc) is 3.60. The van der Waals surface area contributed by atoms with Gasteiger partial charge in [-0.2, -0.15) is 4.31 Å². The van der Waals surface area contributed by atoms with Crippen LogP contribution in [0.4, 0.5) is 11.4 Å². The third kappa shape index (κ3) is 4.74. The molecule has 5 rings (SSSR count). The summed E-state index contributed by atoms with van der Waals surface area (Å²) in [5.74, 6) is -0.278. The number of rotatable bonds is 5. The highest BCUT2D eigenvalue weighted by Gasteiger charge is 2.40. The minimum Gasteiger partial charge on any atom is -0.326 e. The third-order valence-electron chi connectivity index (χ3n) is 7.31. The summed E-state index contributed by atoms with van der Waals surface area (Å²) < 4.78 is 28.5. The Kier molecular flexibility index (Phi) is 6.21. The van der Waals surface area contributed by atoms with Crippen molar-refractivity contribution in [1.29, 1.82) is 0 Å². The van der Waals surface area contributed by atoms with Crippen LogP contribution in [0, 0.1) is 25.7 Å². The number of nitrogens with zero attached hydrogens (tertiary/aromatic N) is 2. The van der Waals surface area contributed by atoms with Gasteiger partial charge in [0, 0.05) is 36.4 Å². The normalized spacial score (nSPS) is 22.7. The topological polar surface area (TPSA) is 86.8 Å². The molecule has 2 fully saturated rings. The summed E-state index contributed by atoms with van der Waals surface area (Å²) in [7, 11) is -3.75. The molecule has 1 saturated heterocycles. The van der Waals surface area contributed by atoms with E-state index in [4.69, 9.17) is 0 Å². The predicted octanol–water partition coefficient (Wildman–Crippen LogP) is 4.03. The highest BCUT2D eigenvalue weighted by molar-refractivity contribution is 7.89. The number of benzene rings is 2. The van der Waals surface area contributed by atoms with E-state index in [1.807, 2.05) is 43.9 Å². The molecule has 2 atom stereocenters. The first kappa shape index (κ1) is 24.0. The van der Waals surface area contributed by atoms with Gasteiger partial charge in [0.2, 0.25) is 21.8 Å². The highest BCUT2D eigenvalue weighted by Crippen LogP contribution is 2.40. The van der Waals surface area contributed by atoms with Gasteiger partial charge in [0.25, 0.3) is 0 Å². The van der Waals surface area contributed by atoms with E-state index in [-0.39, 0.29) is 35.2 Å². The van der Waals surface area contributed by atoms with Crippen LogP contribution in [0.3, 0.4) is 0 Å². The maximum Gasteiger partial charge on any atom is 0.243 e. The van der Waals surface area contributed by atoms with Crippen LogP contribution in [0.2, 0.25) is 0 Å². The van der Waals surface area contributed by atoms with Gasteiger partial charge in [-0.3, -0.25) is 9.59 Å². The van der Waals surface area contributed by atoms with Crippen LogP contribution in [0.5, 0.6) is 0 Å². The second-order valence-corrected chi connectivity index (χ2v) is 12.3. The van der Waals surface area contributed by atoms with Gasteiger partial charge >= 0.3 is 0 Å². The van der Waals surface area contributed by atoms with E-state index < -0.39 is 15.9 Å². The van der Waals surface area contributed by atoms with Gasteiger partial charge in [0.1, 0.15) is 0 Å². The summed E-state index contributed by atoms with van der Waals surface area (Å²) in [5, 5.41) is 2.98. The van der Waals surface area contributed by atoms with Crippen molar-refractivity contribution in [3.05, 3.63) is 53.1 Å². The zero-order valence-corrected chi connectivity index (χ0v) is 21.4.